The second-order valence-electron chi connectivity index (χ2n) is 4.69. The van der Waals surface area contributed by atoms with Crippen molar-refractivity contribution in [2.24, 2.45) is 0 Å². The predicted molar refractivity (Wildman–Crippen MR) is 77.1 cm³/mol. The van der Waals surface area contributed by atoms with Crippen LogP contribution in [0.1, 0.15) is 5.76 Å². The van der Waals surface area contributed by atoms with Crippen LogP contribution >= 0.6 is 11.3 Å². The Hall–Kier alpha value is -1.15. The predicted octanol–water partition coefficient (Wildman–Crippen LogP) is 1.85. The number of rotatable bonds is 4. The summed E-state index contributed by atoms with van der Waals surface area (Å²) in [6, 6.07) is 7.24. The Morgan fingerprint density at radius 3 is 2.55 bits per heavy atom. The highest BCUT2D eigenvalue weighted by Crippen LogP contribution is 2.22. The van der Waals surface area contributed by atoms with Crippen LogP contribution in [0.2, 0.25) is 0 Å². The van der Waals surface area contributed by atoms with Gasteiger partial charge >= 0.3 is 0 Å². The molecule has 5 nitrogen and oxygen atoms in total. The Morgan fingerprint density at radius 2 is 1.95 bits per heavy atom. The molecule has 0 amide bonds. The maximum Gasteiger partial charge on any atom is 0.252 e. The quantitative estimate of drug-likeness (QED) is 0.864. The van der Waals surface area contributed by atoms with E-state index in [1.807, 2.05) is 12.1 Å². The van der Waals surface area contributed by atoms with Gasteiger partial charge in [-0.05, 0) is 23.6 Å². The first kappa shape index (κ1) is 13.8. The first-order chi connectivity index (χ1) is 9.66. The van der Waals surface area contributed by atoms with E-state index < -0.39 is 10.0 Å². The molecule has 2 aromatic rings. The van der Waals surface area contributed by atoms with Gasteiger partial charge in [0.2, 0.25) is 0 Å². The number of nitrogens with zero attached hydrogens (tertiary/aromatic N) is 2. The Morgan fingerprint density at radius 1 is 1.15 bits per heavy atom. The van der Waals surface area contributed by atoms with Crippen LogP contribution in [-0.4, -0.2) is 43.8 Å². The molecule has 0 unspecified atom stereocenters. The molecule has 1 aliphatic rings. The van der Waals surface area contributed by atoms with E-state index in [4.69, 9.17) is 4.42 Å². The van der Waals surface area contributed by atoms with Gasteiger partial charge in [0.15, 0.2) is 0 Å². The number of hydrogen-bond acceptors (Lipinski definition) is 5. The molecule has 0 aliphatic carbocycles. The summed E-state index contributed by atoms with van der Waals surface area (Å²) in [6.07, 6.45) is 1.66. The summed E-state index contributed by atoms with van der Waals surface area (Å²) < 4.78 is 32.1. The second-order valence-corrected chi connectivity index (χ2v) is 7.80. The summed E-state index contributed by atoms with van der Waals surface area (Å²) in [7, 11) is -3.30. The first-order valence-corrected chi connectivity index (χ1v) is 8.76. The second kappa shape index (κ2) is 5.69. The SMILES string of the molecule is O=S(=O)(c1cccs1)N1CCN(Cc2ccco2)CC1. The summed E-state index contributed by atoms with van der Waals surface area (Å²) in [6.45, 7) is 3.25. The molecule has 3 heterocycles. The Labute approximate surface area is 122 Å². The fourth-order valence-corrected chi connectivity index (χ4v) is 4.86. The molecule has 3 rings (SSSR count). The molecule has 1 aliphatic heterocycles. The van der Waals surface area contributed by atoms with E-state index in [9.17, 15) is 8.42 Å². The standard InChI is InChI=1S/C13H16N2O3S2/c16-20(17,13-4-2-10-19-13)15-7-5-14(6-8-15)11-12-3-1-9-18-12/h1-4,9-10H,5-8,11H2. The number of piperazine rings is 1. The van der Waals surface area contributed by atoms with Crippen LogP contribution in [0, 0.1) is 0 Å². The van der Waals surface area contributed by atoms with Crippen molar-refractivity contribution >= 4 is 21.4 Å². The van der Waals surface area contributed by atoms with Crippen LogP contribution in [0.25, 0.3) is 0 Å². The third-order valence-electron chi connectivity index (χ3n) is 3.38. The summed E-state index contributed by atoms with van der Waals surface area (Å²) >= 11 is 1.27. The van der Waals surface area contributed by atoms with Crippen molar-refractivity contribution in [1.82, 2.24) is 9.21 Å². The molecule has 1 fully saturated rings. The molecule has 20 heavy (non-hydrogen) atoms. The molecule has 0 radical (unpaired) electrons. The molecule has 0 atom stereocenters. The average Bonchev–Trinajstić information content (AvgIpc) is 3.12. The molecule has 0 aromatic carbocycles. The smallest absolute Gasteiger partial charge is 0.252 e. The van der Waals surface area contributed by atoms with Gasteiger partial charge < -0.3 is 4.42 Å². The van der Waals surface area contributed by atoms with Crippen LogP contribution in [0.4, 0.5) is 0 Å². The maximum atomic E-state index is 12.4. The van der Waals surface area contributed by atoms with E-state index in [1.165, 1.54) is 11.3 Å². The fraction of sp³-hybridized carbons (Fsp3) is 0.385. The van der Waals surface area contributed by atoms with Gasteiger partial charge in [-0.2, -0.15) is 4.31 Å². The Balaban J connectivity index is 1.61. The van der Waals surface area contributed by atoms with E-state index in [0.29, 0.717) is 17.3 Å². The van der Waals surface area contributed by atoms with Crippen molar-refractivity contribution < 1.29 is 12.8 Å². The zero-order valence-electron chi connectivity index (χ0n) is 10.9. The lowest BCUT2D eigenvalue weighted by atomic mass is 10.3. The zero-order chi connectivity index (χ0) is 14.0. The van der Waals surface area contributed by atoms with Crippen molar-refractivity contribution in [3.63, 3.8) is 0 Å². The summed E-state index contributed by atoms with van der Waals surface area (Å²) in [5.41, 5.74) is 0. The minimum atomic E-state index is -3.30. The molecule has 0 bridgehead atoms. The monoisotopic (exact) mass is 312 g/mol. The van der Waals surface area contributed by atoms with Gasteiger partial charge in [0.25, 0.3) is 10.0 Å². The fourth-order valence-electron chi connectivity index (χ4n) is 2.29. The van der Waals surface area contributed by atoms with E-state index in [2.05, 4.69) is 4.90 Å². The highest BCUT2D eigenvalue weighted by atomic mass is 32.2. The third kappa shape index (κ3) is 2.80. The van der Waals surface area contributed by atoms with Gasteiger partial charge in [0, 0.05) is 26.2 Å². The minimum Gasteiger partial charge on any atom is -0.468 e. The van der Waals surface area contributed by atoms with Crippen molar-refractivity contribution in [3.8, 4) is 0 Å². The van der Waals surface area contributed by atoms with Gasteiger partial charge in [-0.3, -0.25) is 4.90 Å². The van der Waals surface area contributed by atoms with Crippen molar-refractivity contribution in [3.05, 3.63) is 41.7 Å². The molecule has 2 aromatic heterocycles. The van der Waals surface area contributed by atoms with Crippen LogP contribution < -0.4 is 0 Å². The van der Waals surface area contributed by atoms with Gasteiger partial charge in [-0.15, -0.1) is 11.3 Å². The third-order valence-corrected chi connectivity index (χ3v) is 6.65. The molecule has 0 saturated carbocycles. The maximum absolute atomic E-state index is 12.4. The number of thiophene rings is 1. The molecule has 1 saturated heterocycles. The number of sulfonamides is 1. The van der Waals surface area contributed by atoms with Crippen LogP contribution in [0.3, 0.4) is 0 Å². The molecular weight excluding hydrogens is 296 g/mol. The highest BCUT2D eigenvalue weighted by Gasteiger charge is 2.29. The van der Waals surface area contributed by atoms with Crippen molar-refractivity contribution in [1.29, 1.82) is 0 Å². The van der Waals surface area contributed by atoms with E-state index >= 15 is 0 Å². The lowest BCUT2D eigenvalue weighted by Crippen LogP contribution is -2.47. The Kier molecular flexibility index (Phi) is 3.93. The van der Waals surface area contributed by atoms with Crippen LogP contribution in [0.5, 0.6) is 0 Å². The molecular formula is C13H16N2O3S2. The van der Waals surface area contributed by atoms with Gasteiger partial charge in [0.1, 0.15) is 9.97 Å². The molecule has 108 valence electrons. The summed E-state index contributed by atoms with van der Waals surface area (Å²) in [4.78, 5) is 2.21. The van der Waals surface area contributed by atoms with Crippen LogP contribution in [-0.2, 0) is 16.6 Å². The Bertz CT molecular complexity index is 627. The molecule has 0 spiro atoms. The normalized spacial score (nSPS) is 18.4. The van der Waals surface area contributed by atoms with Crippen LogP contribution in [0.15, 0.2) is 44.5 Å². The van der Waals surface area contributed by atoms with Gasteiger partial charge in [-0.1, -0.05) is 6.07 Å². The largest absolute Gasteiger partial charge is 0.468 e. The van der Waals surface area contributed by atoms with Gasteiger partial charge in [-0.25, -0.2) is 8.42 Å². The number of hydrogen-bond donors (Lipinski definition) is 0. The highest BCUT2D eigenvalue weighted by molar-refractivity contribution is 7.91. The van der Waals surface area contributed by atoms with Crippen molar-refractivity contribution in [2.45, 2.75) is 10.8 Å². The minimum absolute atomic E-state index is 0.428. The molecule has 0 N–H and O–H groups in total. The van der Waals surface area contributed by atoms with Gasteiger partial charge in [0.05, 0.1) is 12.8 Å². The van der Waals surface area contributed by atoms with Crippen molar-refractivity contribution in [2.75, 3.05) is 26.2 Å². The number of furan rings is 1. The lowest BCUT2D eigenvalue weighted by Gasteiger charge is -2.33. The average molecular weight is 312 g/mol. The lowest BCUT2D eigenvalue weighted by molar-refractivity contribution is 0.171. The zero-order valence-corrected chi connectivity index (χ0v) is 12.6. The molecule has 7 heteroatoms. The summed E-state index contributed by atoms with van der Waals surface area (Å²) in [5.74, 6) is 0.916. The van der Waals surface area contributed by atoms with E-state index in [1.54, 1.807) is 28.1 Å². The topological polar surface area (TPSA) is 53.8 Å². The van der Waals surface area contributed by atoms with E-state index in [0.717, 1.165) is 25.4 Å². The summed E-state index contributed by atoms with van der Waals surface area (Å²) in [5, 5.41) is 1.79. The van der Waals surface area contributed by atoms with E-state index in [-0.39, 0.29) is 0 Å². The first-order valence-electron chi connectivity index (χ1n) is 6.45.